The van der Waals surface area contributed by atoms with Crippen LogP contribution in [0.3, 0.4) is 0 Å². The number of amides is 1. The van der Waals surface area contributed by atoms with Gasteiger partial charge in [-0.05, 0) is 55.8 Å². The Morgan fingerprint density at radius 3 is 2.35 bits per heavy atom. The molecule has 34 heavy (non-hydrogen) atoms. The van der Waals surface area contributed by atoms with E-state index < -0.39 is 10.0 Å². The minimum Gasteiger partial charge on any atom is -0.455 e. The largest absolute Gasteiger partial charge is 0.455 e. The predicted octanol–water partition coefficient (Wildman–Crippen LogP) is 4.72. The predicted molar refractivity (Wildman–Crippen MR) is 132 cm³/mol. The minimum atomic E-state index is -3.61. The number of furan rings is 1. The number of aryl methyl sites for hydroxylation is 1. The van der Waals surface area contributed by atoms with Crippen LogP contribution in [0.15, 0.2) is 93.3 Å². The van der Waals surface area contributed by atoms with Crippen LogP contribution in [0.4, 0.5) is 0 Å². The number of sulfonamides is 1. The molecule has 7 nitrogen and oxygen atoms in total. The molecule has 0 aliphatic carbocycles. The van der Waals surface area contributed by atoms with E-state index in [2.05, 4.69) is 10.5 Å². The molecule has 0 unspecified atom stereocenters. The van der Waals surface area contributed by atoms with Crippen LogP contribution in [0, 0.1) is 6.92 Å². The number of benzene rings is 3. The van der Waals surface area contributed by atoms with Gasteiger partial charge in [-0.15, -0.1) is 0 Å². The maximum absolute atomic E-state index is 12.8. The summed E-state index contributed by atoms with van der Waals surface area (Å²) < 4.78 is 32.6. The lowest BCUT2D eigenvalue weighted by Crippen LogP contribution is -2.26. The summed E-state index contributed by atoms with van der Waals surface area (Å²) in [5.74, 6) is 0.206. The molecule has 0 spiro atoms. The number of hydrogen-bond acceptors (Lipinski definition) is 5. The van der Waals surface area contributed by atoms with E-state index in [9.17, 15) is 13.2 Å². The molecule has 0 radical (unpaired) electrons. The molecule has 1 heterocycles. The molecule has 3 aromatic carbocycles. The summed E-state index contributed by atoms with van der Waals surface area (Å²) in [6, 6.07) is 23.0. The normalized spacial score (nSPS) is 12.3. The minimum absolute atomic E-state index is 0.182. The average Bonchev–Trinajstić information content (AvgIpc) is 3.27. The number of para-hydroxylation sites is 1. The smallest absolute Gasteiger partial charge is 0.271 e. The van der Waals surface area contributed by atoms with Crippen LogP contribution in [0.5, 0.6) is 0 Å². The molecule has 4 rings (SSSR count). The fourth-order valence-corrected chi connectivity index (χ4v) is 4.57. The average molecular weight is 476 g/mol. The van der Waals surface area contributed by atoms with E-state index >= 15 is 0 Å². The molecule has 0 aliphatic heterocycles. The van der Waals surface area contributed by atoms with Crippen molar-refractivity contribution < 1.29 is 17.6 Å². The number of carbonyl (C=O) groups is 1. The summed E-state index contributed by atoms with van der Waals surface area (Å²) in [4.78, 5) is 12.7. The lowest BCUT2D eigenvalue weighted by Gasteiger charge is -2.17. The molecule has 0 fully saturated rings. The zero-order chi connectivity index (χ0) is 24.3. The highest BCUT2D eigenvalue weighted by molar-refractivity contribution is 7.89. The fraction of sp³-hybridized carbons (Fsp3) is 0.154. The van der Waals surface area contributed by atoms with Crippen molar-refractivity contribution in [1.82, 2.24) is 9.73 Å². The van der Waals surface area contributed by atoms with Crippen molar-refractivity contribution in [3.63, 3.8) is 0 Å². The Balaban J connectivity index is 1.40. The van der Waals surface area contributed by atoms with Gasteiger partial charge >= 0.3 is 0 Å². The van der Waals surface area contributed by atoms with E-state index in [4.69, 9.17) is 4.42 Å². The number of rotatable bonds is 7. The Kier molecular flexibility index (Phi) is 6.63. The summed E-state index contributed by atoms with van der Waals surface area (Å²) in [6.45, 7) is 3.84. The lowest BCUT2D eigenvalue weighted by molar-refractivity contribution is 0.0954. The van der Waals surface area contributed by atoms with Gasteiger partial charge in [-0.2, -0.15) is 9.41 Å². The summed E-state index contributed by atoms with van der Waals surface area (Å²) in [5, 5.41) is 5.11. The fourth-order valence-electron chi connectivity index (χ4n) is 3.41. The van der Waals surface area contributed by atoms with Crippen LogP contribution in [0.2, 0.25) is 0 Å². The third kappa shape index (κ3) is 5.08. The molecule has 0 saturated heterocycles. The van der Waals surface area contributed by atoms with Crippen LogP contribution >= 0.6 is 0 Å². The third-order valence-electron chi connectivity index (χ3n) is 5.46. The topological polar surface area (TPSA) is 92.0 Å². The molecular weight excluding hydrogens is 450 g/mol. The van der Waals surface area contributed by atoms with Gasteiger partial charge in [-0.25, -0.2) is 13.8 Å². The van der Waals surface area contributed by atoms with Crippen molar-refractivity contribution in [2.75, 3.05) is 7.05 Å². The number of hydrazone groups is 1. The molecular formula is C26H25N3O4S. The van der Waals surface area contributed by atoms with E-state index in [-0.39, 0.29) is 17.3 Å². The van der Waals surface area contributed by atoms with Crippen LogP contribution < -0.4 is 5.43 Å². The lowest BCUT2D eigenvalue weighted by atomic mass is 10.1. The highest BCUT2D eigenvalue weighted by atomic mass is 32.2. The van der Waals surface area contributed by atoms with Crippen molar-refractivity contribution in [3.05, 3.63) is 101 Å². The first-order valence-electron chi connectivity index (χ1n) is 10.7. The Bertz CT molecular complexity index is 1420. The molecule has 1 aromatic heterocycles. The van der Waals surface area contributed by atoms with Gasteiger partial charge in [0.05, 0.1) is 4.90 Å². The van der Waals surface area contributed by atoms with Crippen molar-refractivity contribution >= 4 is 32.6 Å². The van der Waals surface area contributed by atoms with Gasteiger partial charge in [-0.1, -0.05) is 48.0 Å². The van der Waals surface area contributed by atoms with Crippen LogP contribution in [-0.4, -0.2) is 31.4 Å². The number of fused-ring (bicyclic) bond motifs is 1. The number of carbonyl (C=O) groups excluding carboxylic acids is 1. The van der Waals surface area contributed by atoms with Gasteiger partial charge in [0.25, 0.3) is 5.91 Å². The molecule has 1 N–H and O–H groups in total. The molecule has 174 valence electrons. The highest BCUT2D eigenvalue weighted by Gasteiger charge is 2.20. The Labute approximate surface area is 198 Å². The van der Waals surface area contributed by atoms with Crippen LogP contribution in [0.25, 0.3) is 11.0 Å². The van der Waals surface area contributed by atoms with E-state index in [0.29, 0.717) is 17.0 Å². The second kappa shape index (κ2) is 9.62. The van der Waals surface area contributed by atoms with Gasteiger partial charge in [0.1, 0.15) is 11.3 Å². The molecule has 0 aliphatic rings. The first-order chi connectivity index (χ1) is 16.2. The SMILES string of the molecule is C/C(=N\NC(=O)c1ccc(CN(C)S(=O)(=O)c2ccc(C)cc2)cc1)c1cc2ccccc2o1. The zero-order valence-electron chi connectivity index (χ0n) is 19.1. The van der Waals surface area contributed by atoms with Gasteiger partial charge < -0.3 is 4.42 Å². The summed E-state index contributed by atoms with van der Waals surface area (Å²) in [6.07, 6.45) is 0. The molecule has 0 saturated carbocycles. The number of nitrogens with zero attached hydrogens (tertiary/aromatic N) is 2. The van der Waals surface area contributed by atoms with E-state index in [0.717, 1.165) is 22.1 Å². The standard InChI is InChI=1S/C26H25N3O4S/c1-18-8-14-23(15-9-18)34(31,32)29(3)17-20-10-12-21(13-11-20)26(30)28-27-19(2)25-16-22-6-4-5-7-24(22)33-25/h4-16H,17H2,1-3H3,(H,28,30)/b27-19+. The Morgan fingerprint density at radius 1 is 1.00 bits per heavy atom. The van der Waals surface area contributed by atoms with E-state index in [1.54, 1.807) is 55.5 Å². The number of hydrogen-bond donors (Lipinski definition) is 1. The maximum Gasteiger partial charge on any atom is 0.271 e. The second-order valence-corrected chi connectivity index (χ2v) is 10.1. The van der Waals surface area contributed by atoms with Crippen molar-refractivity contribution in [1.29, 1.82) is 0 Å². The molecule has 4 aromatic rings. The van der Waals surface area contributed by atoms with Gasteiger partial charge in [0.2, 0.25) is 10.0 Å². The Hall–Kier alpha value is -3.75. The second-order valence-electron chi connectivity index (χ2n) is 8.06. The third-order valence-corrected chi connectivity index (χ3v) is 7.28. The van der Waals surface area contributed by atoms with Crippen LogP contribution in [-0.2, 0) is 16.6 Å². The quantitative estimate of drug-likeness (QED) is 0.309. The van der Waals surface area contributed by atoms with Gasteiger partial charge in [0.15, 0.2) is 5.76 Å². The van der Waals surface area contributed by atoms with Crippen molar-refractivity contribution in [2.45, 2.75) is 25.3 Å². The molecule has 8 heteroatoms. The zero-order valence-corrected chi connectivity index (χ0v) is 20.0. The first kappa shape index (κ1) is 23.4. The molecule has 0 atom stereocenters. The van der Waals surface area contributed by atoms with Crippen LogP contribution in [0.1, 0.15) is 34.2 Å². The monoisotopic (exact) mass is 475 g/mol. The molecule has 1 amide bonds. The van der Waals surface area contributed by atoms with Gasteiger partial charge in [0, 0.05) is 24.5 Å². The van der Waals surface area contributed by atoms with Crippen molar-refractivity contribution in [2.24, 2.45) is 5.10 Å². The first-order valence-corrected chi connectivity index (χ1v) is 12.1. The maximum atomic E-state index is 12.8. The summed E-state index contributed by atoms with van der Waals surface area (Å²) >= 11 is 0. The molecule has 0 bridgehead atoms. The van der Waals surface area contributed by atoms with E-state index in [1.165, 1.54) is 11.4 Å². The number of nitrogens with one attached hydrogen (secondary N) is 1. The summed E-state index contributed by atoms with van der Waals surface area (Å²) in [5.41, 5.74) is 6.00. The summed E-state index contributed by atoms with van der Waals surface area (Å²) in [7, 11) is -2.07. The van der Waals surface area contributed by atoms with Gasteiger partial charge in [-0.3, -0.25) is 4.79 Å². The van der Waals surface area contributed by atoms with E-state index in [1.807, 2.05) is 37.3 Å². The van der Waals surface area contributed by atoms with Crippen molar-refractivity contribution in [3.8, 4) is 0 Å². The highest BCUT2D eigenvalue weighted by Crippen LogP contribution is 2.20. The Morgan fingerprint density at radius 2 is 1.68 bits per heavy atom.